The van der Waals surface area contributed by atoms with Crippen LogP contribution >= 0.6 is 0 Å². The summed E-state index contributed by atoms with van der Waals surface area (Å²) in [7, 11) is 1.66. The van der Waals surface area contributed by atoms with Gasteiger partial charge in [-0.1, -0.05) is 20.8 Å². The minimum atomic E-state index is -2.28. The fourth-order valence-corrected chi connectivity index (χ4v) is 0.920. The summed E-state index contributed by atoms with van der Waals surface area (Å²) in [6, 6.07) is -0.0729. The van der Waals surface area contributed by atoms with Crippen molar-refractivity contribution in [1.29, 1.82) is 0 Å². The maximum absolute atomic E-state index is 11.9. The monoisotopic (exact) mass is 194 g/mol. The van der Waals surface area contributed by atoms with Crippen molar-refractivity contribution in [2.24, 2.45) is 11.1 Å². The molecule has 0 aliphatic rings. The first-order valence-electron chi connectivity index (χ1n) is 4.45. The van der Waals surface area contributed by atoms with Gasteiger partial charge in [0.1, 0.15) is 0 Å². The van der Waals surface area contributed by atoms with Gasteiger partial charge in [-0.2, -0.15) is 0 Å². The van der Waals surface area contributed by atoms with Crippen LogP contribution in [0.5, 0.6) is 0 Å². The van der Waals surface area contributed by atoms with E-state index < -0.39 is 6.43 Å². The number of alkyl halides is 2. The number of rotatable bonds is 4. The summed E-state index contributed by atoms with van der Waals surface area (Å²) in [5.41, 5.74) is 5.81. The molecule has 1 atom stereocenters. The third kappa shape index (κ3) is 5.93. The molecule has 0 bridgehead atoms. The highest BCUT2D eigenvalue weighted by Crippen LogP contribution is 2.17. The van der Waals surface area contributed by atoms with Crippen LogP contribution in [-0.2, 0) is 0 Å². The predicted octanol–water partition coefficient (Wildman–Crippen LogP) is 1.56. The predicted molar refractivity (Wildman–Crippen MR) is 50.9 cm³/mol. The minimum Gasteiger partial charge on any atom is -0.326 e. The van der Waals surface area contributed by atoms with Crippen LogP contribution in [0.15, 0.2) is 0 Å². The molecule has 0 aromatic rings. The highest BCUT2D eigenvalue weighted by Gasteiger charge is 2.22. The first-order chi connectivity index (χ1) is 5.73. The van der Waals surface area contributed by atoms with Crippen molar-refractivity contribution in [2.75, 3.05) is 20.1 Å². The van der Waals surface area contributed by atoms with Crippen LogP contribution in [0.3, 0.4) is 0 Å². The standard InChI is InChI=1S/C9H20F2N2/c1-9(2,3)7(12)5-13(4)6-8(10)11/h7-8H,5-6,12H2,1-4H3. The molecule has 0 heterocycles. The second kappa shape index (κ2) is 4.86. The van der Waals surface area contributed by atoms with E-state index in [0.29, 0.717) is 6.54 Å². The minimum absolute atomic E-state index is 0.0314. The molecule has 0 saturated heterocycles. The van der Waals surface area contributed by atoms with Crippen molar-refractivity contribution < 1.29 is 8.78 Å². The van der Waals surface area contributed by atoms with Crippen molar-refractivity contribution in [1.82, 2.24) is 4.90 Å². The number of nitrogens with two attached hydrogens (primary N) is 1. The molecule has 2 nitrogen and oxygen atoms in total. The molecule has 0 saturated carbocycles. The normalized spacial score (nSPS) is 15.5. The molecule has 0 rings (SSSR count). The van der Waals surface area contributed by atoms with Gasteiger partial charge in [-0.15, -0.1) is 0 Å². The summed E-state index contributed by atoms with van der Waals surface area (Å²) in [5, 5.41) is 0. The molecule has 0 fully saturated rings. The van der Waals surface area contributed by atoms with Crippen LogP contribution in [0.2, 0.25) is 0 Å². The van der Waals surface area contributed by atoms with E-state index in [1.807, 2.05) is 20.8 Å². The average molecular weight is 194 g/mol. The molecular weight excluding hydrogens is 174 g/mol. The lowest BCUT2D eigenvalue weighted by molar-refractivity contribution is 0.0907. The Labute approximate surface area is 79.1 Å². The lowest BCUT2D eigenvalue weighted by atomic mass is 9.87. The van der Waals surface area contributed by atoms with Gasteiger partial charge in [0.15, 0.2) is 0 Å². The van der Waals surface area contributed by atoms with E-state index >= 15 is 0 Å². The van der Waals surface area contributed by atoms with Crippen molar-refractivity contribution in [3.63, 3.8) is 0 Å². The number of hydrogen-bond donors (Lipinski definition) is 1. The molecule has 0 aliphatic heterocycles. The van der Waals surface area contributed by atoms with Gasteiger partial charge in [0.25, 0.3) is 6.43 Å². The first-order valence-corrected chi connectivity index (χ1v) is 4.45. The summed E-state index contributed by atoms with van der Waals surface area (Å²) in [5.74, 6) is 0. The van der Waals surface area contributed by atoms with Crippen LogP contribution in [0.25, 0.3) is 0 Å². The fraction of sp³-hybridized carbons (Fsp3) is 1.00. The zero-order valence-electron chi connectivity index (χ0n) is 8.85. The molecule has 0 aromatic heterocycles. The van der Waals surface area contributed by atoms with Crippen LogP contribution < -0.4 is 5.73 Å². The Hall–Kier alpha value is -0.220. The van der Waals surface area contributed by atoms with E-state index in [1.165, 1.54) is 0 Å². The maximum atomic E-state index is 11.9. The SMILES string of the molecule is CN(CC(F)F)CC(N)C(C)(C)C. The molecule has 80 valence electrons. The Morgan fingerprint density at radius 1 is 1.23 bits per heavy atom. The number of nitrogens with zero attached hydrogens (tertiary/aromatic N) is 1. The summed E-state index contributed by atoms with van der Waals surface area (Å²) < 4.78 is 23.9. The molecule has 0 aromatic carbocycles. The van der Waals surface area contributed by atoms with Crippen LogP contribution in [0.4, 0.5) is 8.78 Å². The molecular formula is C9H20F2N2. The Bertz CT molecular complexity index is 143. The highest BCUT2D eigenvalue weighted by molar-refractivity contribution is 4.79. The van der Waals surface area contributed by atoms with E-state index in [4.69, 9.17) is 5.73 Å². The molecule has 0 aliphatic carbocycles. The fourth-order valence-electron chi connectivity index (χ4n) is 0.920. The van der Waals surface area contributed by atoms with Crippen LogP contribution in [0.1, 0.15) is 20.8 Å². The van der Waals surface area contributed by atoms with Crippen molar-refractivity contribution >= 4 is 0 Å². The van der Waals surface area contributed by atoms with E-state index in [2.05, 4.69) is 0 Å². The molecule has 0 amide bonds. The first kappa shape index (κ1) is 12.8. The van der Waals surface area contributed by atoms with E-state index in [-0.39, 0.29) is 18.0 Å². The molecule has 4 heteroatoms. The number of hydrogen-bond acceptors (Lipinski definition) is 2. The van der Waals surface area contributed by atoms with Crippen LogP contribution in [0, 0.1) is 5.41 Å². The summed E-state index contributed by atoms with van der Waals surface area (Å²) in [4.78, 5) is 1.57. The smallest absolute Gasteiger partial charge is 0.251 e. The second-order valence-corrected chi connectivity index (χ2v) is 4.58. The zero-order valence-corrected chi connectivity index (χ0v) is 8.85. The van der Waals surface area contributed by atoms with Gasteiger partial charge >= 0.3 is 0 Å². The Morgan fingerprint density at radius 3 is 2.00 bits per heavy atom. The Kier molecular flexibility index (Phi) is 4.78. The van der Waals surface area contributed by atoms with Crippen molar-refractivity contribution in [3.8, 4) is 0 Å². The van der Waals surface area contributed by atoms with Crippen molar-refractivity contribution in [3.05, 3.63) is 0 Å². The maximum Gasteiger partial charge on any atom is 0.251 e. The van der Waals surface area contributed by atoms with Gasteiger partial charge in [0.05, 0.1) is 6.54 Å². The molecule has 2 N–H and O–H groups in total. The van der Waals surface area contributed by atoms with Crippen molar-refractivity contribution in [2.45, 2.75) is 33.2 Å². The second-order valence-electron chi connectivity index (χ2n) is 4.58. The van der Waals surface area contributed by atoms with Gasteiger partial charge in [0.2, 0.25) is 0 Å². The highest BCUT2D eigenvalue weighted by atomic mass is 19.3. The lowest BCUT2D eigenvalue weighted by Gasteiger charge is -2.30. The van der Waals surface area contributed by atoms with Gasteiger partial charge in [-0.3, -0.25) is 4.90 Å². The third-order valence-corrected chi connectivity index (χ3v) is 2.07. The number of halogens is 2. The Morgan fingerprint density at radius 2 is 1.69 bits per heavy atom. The number of likely N-dealkylation sites (N-methyl/N-ethyl adjacent to an activating group) is 1. The van der Waals surface area contributed by atoms with Crippen LogP contribution in [-0.4, -0.2) is 37.5 Å². The summed E-state index contributed by atoms with van der Waals surface area (Å²) in [6.07, 6.45) is -2.28. The average Bonchev–Trinajstić information content (AvgIpc) is 1.82. The molecule has 1 unspecified atom stereocenters. The zero-order chi connectivity index (χ0) is 10.6. The Balaban J connectivity index is 3.85. The largest absolute Gasteiger partial charge is 0.326 e. The topological polar surface area (TPSA) is 29.3 Å². The molecule has 13 heavy (non-hydrogen) atoms. The third-order valence-electron chi connectivity index (χ3n) is 2.07. The van der Waals surface area contributed by atoms with E-state index in [1.54, 1.807) is 11.9 Å². The van der Waals surface area contributed by atoms with E-state index in [9.17, 15) is 8.78 Å². The van der Waals surface area contributed by atoms with E-state index in [0.717, 1.165) is 0 Å². The molecule has 0 radical (unpaired) electrons. The van der Waals surface area contributed by atoms with Gasteiger partial charge in [-0.25, -0.2) is 8.78 Å². The van der Waals surface area contributed by atoms with Gasteiger partial charge in [-0.05, 0) is 12.5 Å². The quantitative estimate of drug-likeness (QED) is 0.736. The van der Waals surface area contributed by atoms with Gasteiger partial charge < -0.3 is 5.73 Å². The lowest BCUT2D eigenvalue weighted by Crippen LogP contribution is -2.45. The summed E-state index contributed by atoms with van der Waals surface area (Å²) in [6.45, 7) is 6.33. The van der Waals surface area contributed by atoms with Gasteiger partial charge in [0, 0.05) is 12.6 Å². The molecule has 0 spiro atoms. The summed E-state index contributed by atoms with van der Waals surface area (Å²) >= 11 is 0.